The molecule has 0 unspecified atom stereocenters. The first-order chi connectivity index (χ1) is 9.29. The molecule has 0 heterocycles. The molecule has 0 aromatic heterocycles. The quantitative estimate of drug-likeness (QED) is 0.855. The third-order valence-corrected chi connectivity index (χ3v) is 4.50. The van der Waals surface area contributed by atoms with Crippen molar-refractivity contribution in [3.8, 4) is 0 Å². The van der Waals surface area contributed by atoms with E-state index in [2.05, 4.69) is 4.72 Å². The number of aryl methyl sites for hydroxylation is 1. The van der Waals surface area contributed by atoms with Crippen molar-refractivity contribution in [3.63, 3.8) is 0 Å². The van der Waals surface area contributed by atoms with Crippen molar-refractivity contribution in [2.45, 2.75) is 11.8 Å². The van der Waals surface area contributed by atoms with Gasteiger partial charge in [-0.05, 0) is 42.8 Å². The van der Waals surface area contributed by atoms with E-state index in [-0.39, 0.29) is 15.6 Å². The van der Waals surface area contributed by atoms with Crippen molar-refractivity contribution in [1.29, 1.82) is 0 Å². The highest BCUT2D eigenvalue weighted by Gasteiger charge is 2.17. The highest BCUT2D eigenvalue weighted by Crippen LogP contribution is 2.24. The number of benzene rings is 2. The van der Waals surface area contributed by atoms with Gasteiger partial charge in [0.2, 0.25) is 0 Å². The first-order valence-corrected chi connectivity index (χ1v) is 7.50. The Labute approximate surface area is 121 Å². The zero-order valence-electron chi connectivity index (χ0n) is 10.5. The van der Waals surface area contributed by atoms with Gasteiger partial charge in [0.1, 0.15) is 5.82 Å². The first-order valence-electron chi connectivity index (χ1n) is 5.63. The summed E-state index contributed by atoms with van der Waals surface area (Å²) >= 11 is 5.55. The van der Waals surface area contributed by atoms with Crippen LogP contribution in [0.3, 0.4) is 0 Å². The highest BCUT2D eigenvalue weighted by atomic mass is 35.5. The van der Waals surface area contributed by atoms with Crippen molar-refractivity contribution in [3.05, 3.63) is 52.8 Å². The largest absolute Gasteiger partial charge is 0.399 e. The van der Waals surface area contributed by atoms with Gasteiger partial charge in [-0.1, -0.05) is 17.7 Å². The molecule has 0 aliphatic heterocycles. The van der Waals surface area contributed by atoms with Gasteiger partial charge in [-0.15, -0.1) is 0 Å². The Morgan fingerprint density at radius 2 is 1.90 bits per heavy atom. The van der Waals surface area contributed by atoms with Crippen LogP contribution >= 0.6 is 11.6 Å². The lowest BCUT2D eigenvalue weighted by atomic mass is 10.2. The van der Waals surface area contributed by atoms with Gasteiger partial charge in [0.25, 0.3) is 10.0 Å². The number of rotatable bonds is 3. The van der Waals surface area contributed by atoms with Crippen molar-refractivity contribution < 1.29 is 12.8 Å². The summed E-state index contributed by atoms with van der Waals surface area (Å²) < 4.78 is 40.1. The number of halogens is 2. The molecule has 0 fully saturated rings. The second-order valence-corrected chi connectivity index (χ2v) is 6.32. The van der Waals surface area contributed by atoms with Crippen molar-refractivity contribution in [2.24, 2.45) is 0 Å². The van der Waals surface area contributed by atoms with Gasteiger partial charge in [-0.2, -0.15) is 0 Å². The maximum absolute atomic E-state index is 13.3. The van der Waals surface area contributed by atoms with Crippen molar-refractivity contribution in [2.75, 3.05) is 10.5 Å². The Morgan fingerprint density at radius 1 is 1.20 bits per heavy atom. The lowest BCUT2D eigenvalue weighted by Gasteiger charge is -2.11. The summed E-state index contributed by atoms with van der Waals surface area (Å²) in [4.78, 5) is 0.0489. The van der Waals surface area contributed by atoms with E-state index in [1.54, 1.807) is 19.1 Å². The third kappa shape index (κ3) is 3.02. The molecule has 3 N–H and O–H groups in total. The molecule has 2 aromatic rings. The number of anilines is 2. The zero-order valence-corrected chi connectivity index (χ0v) is 12.1. The van der Waals surface area contributed by atoms with Crippen LogP contribution in [0.2, 0.25) is 5.02 Å². The van der Waals surface area contributed by atoms with Gasteiger partial charge in [0, 0.05) is 5.69 Å². The summed E-state index contributed by atoms with van der Waals surface area (Å²) in [5.74, 6) is -0.698. The Morgan fingerprint density at radius 3 is 2.55 bits per heavy atom. The number of hydrogen-bond donors (Lipinski definition) is 2. The fourth-order valence-electron chi connectivity index (χ4n) is 1.68. The maximum atomic E-state index is 13.3. The Hall–Kier alpha value is -1.79. The molecule has 0 saturated heterocycles. The SMILES string of the molecule is Cc1ccc(N)cc1S(=O)(=O)Nc1ccc(Cl)c(F)c1. The molecule has 0 spiro atoms. The summed E-state index contributed by atoms with van der Waals surface area (Å²) in [7, 11) is -3.84. The van der Waals surface area contributed by atoms with Crippen LogP contribution in [0.15, 0.2) is 41.3 Å². The topological polar surface area (TPSA) is 72.2 Å². The molecular formula is C13H12ClFN2O2S. The van der Waals surface area contributed by atoms with Crippen LogP contribution in [-0.2, 0) is 10.0 Å². The predicted octanol–water partition coefficient (Wildman–Crippen LogP) is 3.17. The molecule has 0 amide bonds. The van der Waals surface area contributed by atoms with Crippen LogP contribution in [0.4, 0.5) is 15.8 Å². The third-order valence-electron chi connectivity index (χ3n) is 2.67. The highest BCUT2D eigenvalue weighted by molar-refractivity contribution is 7.92. The van der Waals surface area contributed by atoms with Gasteiger partial charge >= 0.3 is 0 Å². The van der Waals surface area contributed by atoms with Crippen molar-refractivity contribution in [1.82, 2.24) is 0 Å². The minimum Gasteiger partial charge on any atom is -0.399 e. The number of sulfonamides is 1. The van der Waals surface area contributed by atoms with E-state index in [9.17, 15) is 12.8 Å². The summed E-state index contributed by atoms with van der Waals surface area (Å²) in [6.45, 7) is 1.65. The fraction of sp³-hybridized carbons (Fsp3) is 0.0769. The first kappa shape index (κ1) is 14.6. The number of hydrogen-bond acceptors (Lipinski definition) is 3. The smallest absolute Gasteiger partial charge is 0.262 e. The maximum Gasteiger partial charge on any atom is 0.262 e. The molecule has 4 nitrogen and oxygen atoms in total. The second-order valence-electron chi connectivity index (χ2n) is 4.26. The minimum atomic E-state index is -3.84. The van der Waals surface area contributed by atoms with E-state index < -0.39 is 15.8 Å². The average molecular weight is 315 g/mol. The normalized spacial score (nSPS) is 11.3. The van der Waals surface area contributed by atoms with E-state index >= 15 is 0 Å². The number of nitrogens with two attached hydrogens (primary N) is 1. The molecule has 2 rings (SSSR count). The van der Waals surface area contributed by atoms with Crippen LogP contribution in [0, 0.1) is 12.7 Å². The van der Waals surface area contributed by atoms with E-state index in [1.807, 2.05) is 0 Å². The van der Waals surface area contributed by atoms with E-state index in [0.29, 0.717) is 11.3 Å². The summed E-state index contributed by atoms with van der Waals surface area (Å²) in [6.07, 6.45) is 0. The molecule has 20 heavy (non-hydrogen) atoms. The van der Waals surface area contributed by atoms with E-state index in [0.717, 1.165) is 6.07 Å². The van der Waals surface area contributed by atoms with Gasteiger partial charge in [0.15, 0.2) is 0 Å². The summed E-state index contributed by atoms with van der Waals surface area (Å²) in [6, 6.07) is 8.24. The van der Waals surface area contributed by atoms with Gasteiger partial charge in [0.05, 0.1) is 15.6 Å². The zero-order chi connectivity index (χ0) is 14.9. The lowest BCUT2D eigenvalue weighted by molar-refractivity contribution is 0.600. The molecule has 2 aromatic carbocycles. The summed E-state index contributed by atoms with van der Waals surface area (Å²) in [5, 5.41) is -0.0758. The Bertz CT molecular complexity index is 763. The van der Waals surface area contributed by atoms with Crippen LogP contribution in [-0.4, -0.2) is 8.42 Å². The van der Waals surface area contributed by atoms with Crippen LogP contribution < -0.4 is 10.5 Å². The predicted molar refractivity (Wildman–Crippen MR) is 77.8 cm³/mol. The molecule has 0 radical (unpaired) electrons. The fourth-order valence-corrected chi connectivity index (χ4v) is 3.12. The average Bonchev–Trinajstić information content (AvgIpc) is 2.36. The molecule has 0 bridgehead atoms. The molecular weight excluding hydrogens is 303 g/mol. The van der Waals surface area contributed by atoms with E-state index in [4.69, 9.17) is 17.3 Å². The van der Waals surface area contributed by atoms with Crippen molar-refractivity contribution >= 4 is 33.0 Å². The molecule has 0 atom stereocenters. The summed E-state index contributed by atoms with van der Waals surface area (Å²) in [5.41, 5.74) is 6.56. The Balaban J connectivity index is 2.40. The molecule has 0 aliphatic rings. The second kappa shape index (κ2) is 5.30. The van der Waals surface area contributed by atoms with Crippen LogP contribution in [0.1, 0.15) is 5.56 Å². The Kier molecular flexibility index (Phi) is 3.87. The van der Waals surface area contributed by atoms with Gasteiger partial charge in [-0.3, -0.25) is 4.72 Å². The minimum absolute atomic E-state index is 0.0489. The molecule has 7 heteroatoms. The van der Waals surface area contributed by atoms with E-state index in [1.165, 1.54) is 18.2 Å². The number of nitrogen functional groups attached to an aromatic ring is 1. The molecule has 0 aliphatic carbocycles. The lowest BCUT2D eigenvalue weighted by Crippen LogP contribution is -2.14. The molecule has 0 saturated carbocycles. The monoisotopic (exact) mass is 314 g/mol. The van der Waals surface area contributed by atoms with Crippen LogP contribution in [0.25, 0.3) is 0 Å². The number of nitrogens with one attached hydrogen (secondary N) is 1. The van der Waals surface area contributed by atoms with Crippen LogP contribution in [0.5, 0.6) is 0 Å². The standard InChI is InChI=1S/C13H12ClFN2O2S/c1-8-2-3-9(16)6-13(8)20(18,19)17-10-4-5-11(14)12(15)7-10/h2-7,17H,16H2,1H3. The van der Waals surface area contributed by atoms with Gasteiger partial charge in [-0.25, -0.2) is 12.8 Å². The van der Waals surface area contributed by atoms with Gasteiger partial charge < -0.3 is 5.73 Å². The molecule has 106 valence electrons.